The number of benzene rings is 1. The van der Waals surface area contributed by atoms with Crippen molar-refractivity contribution in [1.82, 2.24) is 19.3 Å². The standard InChI is InChI=1S/C19H16ClN5O2/c1-24-6-11-4-15-17(18-22-19(9-27-18)7-26-8-19)21-10-25(15)14-3-2-12(20)5-13(14)16(11)23-24/h2-3,5-6,10H,4,7-9H2,1H3. The van der Waals surface area contributed by atoms with Crippen LogP contribution in [0.1, 0.15) is 17.0 Å². The third-order valence-electron chi connectivity index (χ3n) is 5.36. The number of rotatable bonds is 1. The maximum Gasteiger partial charge on any atom is 0.238 e. The second kappa shape index (κ2) is 5.21. The molecule has 0 unspecified atom stereocenters. The van der Waals surface area contributed by atoms with Crippen LogP contribution < -0.4 is 0 Å². The maximum atomic E-state index is 6.28. The van der Waals surface area contributed by atoms with Crippen LogP contribution in [-0.2, 0) is 22.9 Å². The van der Waals surface area contributed by atoms with Crippen LogP contribution in [0.2, 0.25) is 5.02 Å². The van der Waals surface area contributed by atoms with Gasteiger partial charge in [-0.05, 0) is 18.2 Å². The lowest BCUT2D eigenvalue weighted by molar-refractivity contribution is -0.0607. The highest BCUT2D eigenvalue weighted by atomic mass is 35.5. The van der Waals surface area contributed by atoms with Crippen LogP contribution >= 0.6 is 11.6 Å². The number of fused-ring (bicyclic) bond motifs is 5. The first-order valence-corrected chi connectivity index (χ1v) is 9.20. The molecular formula is C19H16ClN5O2. The molecule has 0 amide bonds. The van der Waals surface area contributed by atoms with Crippen LogP contribution in [0.3, 0.4) is 0 Å². The van der Waals surface area contributed by atoms with Crippen molar-refractivity contribution in [3.8, 4) is 16.9 Å². The van der Waals surface area contributed by atoms with E-state index in [1.807, 2.05) is 42.5 Å². The van der Waals surface area contributed by atoms with E-state index in [2.05, 4.69) is 14.6 Å². The zero-order chi connectivity index (χ0) is 18.2. The molecule has 0 saturated carbocycles. The molecule has 3 aliphatic rings. The third-order valence-corrected chi connectivity index (χ3v) is 5.60. The van der Waals surface area contributed by atoms with Crippen molar-refractivity contribution in [1.29, 1.82) is 0 Å². The first-order chi connectivity index (χ1) is 13.1. The topological polar surface area (TPSA) is 66.5 Å². The van der Waals surface area contributed by atoms with Crippen molar-refractivity contribution < 1.29 is 9.47 Å². The van der Waals surface area contributed by atoms with Gasteiger partial charge in [0.15, 0.2) is 0 Å². The molecule has 6 rings (SSSR count). The first kappa shape index (κ1) is 15.4. The van der Waals surface area contributed by atoms with Crippen molar-refractivity contribution >= 4 is 17.5 Å². The lowest BCUT2D eigenvalue weighted by Crippen LogP contribution is -2.49. The summed E-state index contributed by atoms with van der Waals surface area (Å²) in [4.78, 5) is 9.44. The minimum absolute atomic E-state index is 0.221. The molecule has 136 valence electrons. The summed E-state index contributed by atoms with van der Waals surface area (Å²) in [6.07, 6.45) is 4.57. The number of imidazole rings is 1. The molecule has 0 N–H and O–H groups in total. The van der Waals surface area contributed by atoms with E-state index in [0.29, 0.717) is 37.2 Å². The van der Waals surface area contributed by atoms with Gasteiger partial charge >= 0.3 is 0 Å². The Morgan fingerprint density at radius 2 is 2.07 bits per heavy atom. The van der Waals surface area contributed by atoms with E-state index < -0.39 is 0 Å². The van der Waals surface area contributed by atoms with Gasteiger partial charge in [-0.25, -0.2) is 9.98 Å². The van der Waals surface area contributed by atoms with Crippen LogP contribution in [0.25, 0.3) is 16.9 Å². The van der Waals surface area contributed by atoms with Gasteiger partial charge in [0.1, 0.15) is 24.2 Å². The van der Waals surface area contributed by atoms with E-state index >= 15 is 0 Å². The summed E-state index contributed by atoms with van der Waals surface area (Å²) in [6, 6.07) is 5.86. The van der Waals surface area contributed by atoms with Gasteiger partial charge in [-0.2, -0.15) is 5.10 Å². The lowest BCUT2D eigenvalue weighted by atomic mass is 10.0. The van der Waals surface area contributed by atoms with E-state index in [4.69, 9.17) is 26.1 Å². The molecule has 0 bridgehead atoms. The molecule has 1 aromatic carbocycles. The van der Waals surface area contributed by atoms with Crippen molar-refractivity contribution in [2.45, 2.75) is 12.0 Å². The summed E-state index contributed by atoms with van der Waals surface area (Å²) >= 11 is 6.28. The minimum atomic E-state index is -0.221. The van der Waals surface area contributed by atoms with Gasteiger partial charge in [0.05, 0.1) is 30.3 Å². The normalized spacial score (nSPS) is 18.8. The van der Waals surface area contributed by atoms with Gasteiger partial charge in [0.25, 0.3) is 0 Å². The molecule has 1 fully saturated rings. The summed E-state index contributed by atoms with van der Waals surface area (Å²) in [6.45, 7) is 1.78. The van der Waals surface area contributed by atoms with Crippen molar-refractivity contribution in [3.63, 3.8) is 0 Å². The molecule has 0 aliphatic carbocycles. The van der Waals surface area contributed by atoms with Gasteiger partial charge in [0.2, 0.25) is 5.90 Å². The zero-order valence-electron chi connectivity index (χ0n) is 14.6. The summed E-state index contributed by atoms with van der Waals surface area (Å²) < 4.78 is 15.2. The van der Waals surface area contributed by atoms with Gasteiger partial charge in [-0.15, -0.1) is 0 Å². The fourth-order valence-electron chi connectivity index (χ4n) is 4.00. The molecule has 1 spiro atoms. The SMILES string of the molecule is Cn1cc2c(n1)-c1cc(Cl)ccc1-n1cnc(C3=NC4(COC4)CO3)c1C2. The highest BCUT2D eigenvalue weighted by molar-refractivity contribution is 6.31. The van der Waals surface area contributed by atoms with Crippen LogP contribution in [0, 0.1) is 0 Å². The molecule has 0 atom stereocenters. The van der Waals surface area contributed by atoms with Gasteiger partial charge in [-0.3, -0.25) is 4.68 Å². The number of aliphatic imine (C=N–C) groups is 1. The number of ether oxygens (including phenoxy) is 2. The molecule has 1 saturated heterocycles. The Balaban J connectivity index is 1.56. The molecule has 3 aliphatic heterocycles. The number of aryl methyl sites for hydroxylation is 1. The van der Waals surface area contributed by atoms with Crippen molar-refractivity contribution in [3.05, 3.63) is 52.7 Å². The highest BCUT2D eigenvalue weighted by Crippen LogP contribution is 2.37. The summed E-state index contributed by atoms with van der Waals surface area (Å²) in [5.41, 5.74) is 5.69. The molecule has 8 heteroatoms. The Labute approximate surface area is 160 Å². The predicted octanol–water partition coefficient (Wildman–Crippen LogP) is 2.38. The fraction of sp³-hybridized carbons (Fsp3) is 0.316. The molecular weight excluding hydrogens is 366 g/mol. The average Bonchev–Trinajstić information content (AvgIpc) is 3.30. The van der Waals surface area contributed by atoms with Crippen LogP contribution in [0.4, 0.5) is 0 Å². The highest BCUT2D eigenvalue weighted by Gasteiger charge is 2.45. The summed E-state index contributed by atoms with van der Waals surface area (Å²) in [5, 5.41) is 5.36. The molecule has 2 aromatic heterocycles. The van der Waals surface area contributed by atoms with Crippen LogP contribution in [0.5, 0.6) is 0 Å². The second-order valence-electron chi connectivity index (χ2n) is 7.35. The van der Waals surface area contributed by atoms with Gasteiger partial charge in [-0.1, -0.05) is 11.6 Å². The number of hydrogen-bond donors (Lipinski definition) is 0. The largest absolute Gasteiger partial charge is 0.474 e. The molecule has 27 heavy (non-hydrogen) atoms. The van der Waals surface area contributed by atoms with Crippen LogP contribution in [0.15, 0.2) is 35.7 Å². The van der Waals surface area contributed by atoms with E-state index in [-0.39, 0.29) is 5.54 Å². The number of halogens is 1. The molecule has 7 nitrogen and oxygen atoms in total. The van der Waals surface area contributed by atoms with Gasteiger partial charge < -0.3 is 14.0 Å². The summed E-state index contributed by atoms with van der Waals surface area (Å²) in [5.74, 6) is 0.606. The Hall–Kier alpha value is -2.64. The average molecular weight is 382 g/mol. The van der Waals surface area contributed by atoms with Gasteiger partial charge in [0, 0.05) is 35.8 Å². The summed E-state index contributed by atoms with van der Waals surface area (Å²) in [7, 11) is 1.93. The number of hydrogen-bond acceptors (Lipinski definition) is 5. The Bertz CT molecular complexity index is 1130. The van der Waals surface area contributed by atoms with Crippen molar-refractivity contribution in [2.75, 3.05) is 19.8 Å². The van der Waals surface area contributed by atoms with E-state index in [9.17, 15) is 0 Å². The fourth-order valence-corrected chi connectivity index (χ4v) is 4.17. The zero-order valence-corrected chi connectivity index (χ0v) is 15.4. The smallest absolute Gasteiger partial charge is 0.238 e. The molecule has 3 aromatic rings. The van der Waals surface area contributed by atoms with Crippen LogP contribution in [-0.4, -0.2) is 50.6 Å². The third kappa shape index (κ3) is 2.15. The minimum Gasteiger partial charge on any atom is -0.474 e. The lowest BCUT2D eigenvalue weighted by Gasteiger charge is -2.32. The van der Waals surface area contributed by atoms with E-state index in [0.717, 1.165) is 33.9 Å². The second-order valence-corrected chi connectivity index (χ2v) is 7.78. The number of nitrogens with zero attached hydrogens (tertiary/aromatic N) is 5. The molecule has 5 heterocycles. The Kier molecular flexibility index (Phi) is 2.97. The predicted molar refractivity (Wildman–Crippen MR) is 99.6 cm³/mol. The monoisotopic (exact) mass is 381 g/mol. The molecule has 0 radical (unpaired) electrons. The first-order valence-electron chi connectivity index (χ1n) is 8.82. The quantitative estimate of drug-likeness (QED) is 0.507. The van der Waals surface area contributed by atoms with E-state index in [1.165, 1.54) is 0 Å². The Morgan fingerprint density at radius 1 is 1.19 bits per heavy atom. The Morgan fingerprint density at radius 3 is 2.85 bits per heavy atom. The maximum absolute atomic E-state index is 6.28. The van der Waals surface area contributed by atoms with Crippen molar-refractivity contribution in [2.24, 2.45) is 12.0 Å². The number of aromatic nitrogens is 4. The van der Waals surface area contributed by atoms with E-state index in [1.54, 1.807) is 0 Å².